The van der Waals surface area contributed by atoms with Gasteiger partial charge in [-0.1, -0.05) is 18.6 Å². The summed E-state index contributed by atoms with van der Waals surface area (Å²) in [5.41, 5.74) is 2.11. The highest BCUT2D eigenvalue weighted by Crippen LogP contribution is 2.34. The molecular weight excluding hydrogens is 170 g/mol. The van der Waals surface area contributed by atoms with Crippen LogP contribution in [-0.4, -0.2) is 25.0 Å². The molecule has 82 valence electrons. The van der Waals surface area contributed by atoms with Crippen molar-refractivity contribution < 1.29 is 0 Å². The van der Waals surface area contributed by atoms with E-state index in [0.29, 0.717) is 5.41 Å². The van der Waals surface area contributed by atoms with Gasteiger partial charge in [0.1, 0.15) is 0 Å². The Morgan fingerprint density at radius 2 is 2.21 bits per heavy atom. The normalized spacial score (nSPS) is 30.7. The number of rotatable bonds is 3. The maximum absolute atomic E-state index is 2.48. The van der Waals surface area contributed by atoms with Gasteiger partial charge in [-0.05, 0) is 58.5 Å². The fourth-order valence-electron chi connectivity index (χ4n) is 2.43. The fraction of sp³-hybridized carbons (Fsp3) is 0.846. The Bertz CT molecular complexity index is 207. The second-order valence-electron chi connectivity index (χ2n) is 5.29. The summed E-state index contributed by atoms with van der Waals surface area (Å²) in [5, 5.41) is 0. The van der Waals surface area contributed by atoms with Gasteiger partial charge in [0, 0.05) is 6.54 Å². The van der Waals surface area contributed by atoms with Crippen molar-refractivity contribution in [1.29, 1.82) is 0 Å². The van der Waals surface area contributed by atoms with E-state index in [2.05, 4.69) is 38.8 Å². The lowest BCUT2D eigenvalue weighted by molar-refractivity contribution is 0.117. The standard InChI is InChI=1S/C13H25N/c1-5-12(2)7-9-13(3)8-6-10-14(4)11-13/h5H,6-11H2,1-4H3/b12-5+. The third-order valence-electron chi connectivity index (χ3n) is 3.59. The molecule has 1 fully saturated rings. The highest BCUT2D eigenvalue weighted by molar-refractivity contribution is 4.97. The van der Waals surface area contributed by atoms with Gasteiger partial charge >= 0.3 is 0 Å². The topological polar surface area (TPSA) is 3.24 Å². The summed E-state index contributed by atoms with van der Waals surface area (Å²) < 4.78 is 0. The molecule has 1 unspecified atom stereocenters. The van der Waals surface area contributed by atoms with Gasteiger partial charge in [-0.2, -0.15) is 0 Å². The number of hydrogen-bond acceptors (Lipinski definition) is 1. The van der Waals surface area contributed by atoms with E-state index in [1.807, 2.05) is 0 Å². The van der Waals surface area contributed by atoms with Gasteiger partial charge in [0.25, 0.3) is 0 Å². The van der Waals surface area contributed by atoms with Gasteiger partial charge < -0.3 is 4.90 Å². The van der Waals surface area contributed by atoms with Crippen LogP contribution in [0.2, 0.25) is 0 Å². The minimum absolute atomic E-state index is 0.567. The first kappa shape index (κ1) is 11.8. The first-order valence-corrected chi connectivity index (χ1v) is 5.86. The fourth-order valence-corrected chi connectivity index (χ4v) is 2.43. The molecule has 1 aliphatic rings. The number of nitrogens with zero attached hydrogens (tertiary/aromatic N) is 1. The molecule has 0 radical (unpaired) electrons. The van der Waals surface area contributed by atoms with Crippen LogP contribution in [0.4, 0.5) is 0 Å². The van der Waals surface area contributed by atoms with E-state index in [0.717, 1.165) is 0 Å². The van der Waals surface area contributed by atoms with Crippen molar-refractivity contribution in [3.63, 3.8) is 0 Å². The molecule has 0 aromatic heterocycles. The molecule has 1 rings (SSSR count). The summed E-state index contributed by atoms with van der Waals surface area (Å²) in [6, 6.07) is 0. The molecule has 1 aliphatic heterocycles. The number of piperidine rings is 1. The number of likely N-dealkylation sites (tertiary alicyclic amines) is 1. The minimum atomic E-state index is 0.567. The average Bonchev–Trinajstić information content (AvgIpc) is 2.14. The molecule has 0 saturated carbocycles. The third kappa shape index (κ3) is 3.45. The lowest BCUT2D eigenvalue weighted by atomic mass is 9.77. The first-order valence-electron chi connectivity index (χ1n) is 5.86. The van der Waals surface area contributed by atoms with Crippen molar-refractivity contribution in [3.05, 3.63) is 11.6 Å². The summed E-state index contributed by atoms with van der Waals surface area (Å²) >= 11 is 0. The van der Waals surface area contributed by atoms with Crippen LogP contribution in [0.5, 0.6) is 0 Å². The molecular formula is C13H25N. The molecule has 0 amide bonds. The van der Waals surface area contributed by atoms with E-state index in [1.165, 1.54) is 38.8 Å². The van der Waals surface area contributed by atoms with Crippen molar-refractivity contribution in [2.45, 2.75) is 46.5 Å². The molecule has 0 spiro atoms. The molecule has 0 bridgehead atoms. The number of allylic oxidation sites excluding steroid dienone is 2. The Morgan fingerprint density at radius 1 is 1.50 bits per heavy atom. The van der Waals surface area contributed by atoms with Gasteiger partial charge in [0.05, 0.1) is 0 Å². The first-order chi connectivity index (χ1) is 6.56. The lowest BCUT2D eigenvalue weighted by Crippen LogP contribution is -2.39. The van der Waals surface area contributed by atoms with Gasteiger partial charge in [-0.25, -0.2) is 0 Å². The maximum Gasteiger partial charge on any atom is 0.00324 e. The Labute approximate surface area is 89.2 Å². The molecule has 0 N–H and O–H groups in total. The molecule has 14 heavy (non-hydrogen) atoms. The maximum atomic E-state index is 2.48. The van der Waals surface area contributed by atoms with Gasteiger partial charge in [-0.3, -0.25) is 0 Å². The predicted octanol–water partition coefficient (Wildman–Crippen LogP) is 3.46. The summed E-state index contributed by atoms with van der Waals surface area (Å²) in [6.45, 7) is 9.41. The van der Waals surface area contributed by atoms with Crippen LogP contribution in [0.15, 0.2) is 11.6 Å². The average molecular weight is 195 g/mol. The Morgan fingerprint density at radius 3 is 2.79 bits per heavy atom. The zero-order chi connectivity index (χ0) is 10.6. The monoisotopic (exact) mass is 195 g/mol. The van der Waals surface area contributed by atoms with Crippen LogP contribution >= 0.6 is 0 Å². The smallest absolute Gasteiger partial charge is 0.00324 e. The molecule has 1 nitrogen and oxygen atoms in total. The zero-order valence-electron chi connectivity index (χ0n) is 10.3. The van der Waals surface area contributed by atoms with Crippen molar-refractivity contribution >= 4 is 0 Å². The van der Waals surface area contributed by atoms with Gasteiger partial charge in [0.15, 0.2) is 0 Å². The van der Waals surface area contributed by atoms with E-state index < -0.39 is 0 Å². The molecule has 1 heterocycles. The van der Waals surface area contributed by atoms with Crippen LogP contribution < -0.4 is 0 Å². The summed E-state index contributed by atoms with van der Waals surface area (Å²) in [6.07, 6.45) is 7.67. The largest absolute Gasteiger partial charge is 0.306 e. The third-order valence-corrected chi connectivity index (χ3v) is 3.59. The Kier molecular flexibility index (Phi) is 4.18. The Balaban J connectivity index is 2.40. The van der Waals surface area contributed by atoms with E-state index >= 15 is 0 Å². The van der Waals surface area contributed by atoms with Gasteiger partial charge in [0.2, 0.25) is 0 Å². The van der Waals surface area contributed by atoms with Crippen LogP contribution in [0.1, 0.15) is 46.5 Å². The SMILES string of the molecule is C/C=C(\C)CCC1(C)CCCN(C)C1. The second-order valence-corrected chi connectivity index (χ2v) is 5.29. The van der Waals surface area contributed by atoms with Crippen molar-refractivity contribution in [2.75, 3.05) is 20.1 Å². The zero-order valence-corrected chi connectivity index (χ0v) is 10.3. The van der Waals surface area contributed by atoms with Crippen LogP contribution in [0.25, 0.3) is 0 Å². The molecule has 0 aromatic rings. The number of hydrogen-bond donors (Lipinski definition) is 0. The van der Waals surface area contributed by atoms with Crippen LogP contribution in [-0.2, 0) is 0 Å². The minimum Gasteiger partial charge on any atom is -0.306 e. The quantitative estimate of drug-likeness (QED) is 0.623. The summed E-state index contributed by atoms with van der Waals surface area (Å²) in [5.74, 6) is 0. The molecule has 1 heteroatoms. The van der Waals surface area contributed by atoms with Crippen LogP contribution in [0.3, 0.4) is 0 Å². The van der Waals surface area contributed by atoms with Crippen molar-refractivity contribution in [2.24, 2.45) is 5.41 Å². The second kappa shape index (κ2) is 4.97. The van der Waals surface area contributed by atoms with Crippen molar-refractivity contribution in [1.82, 2.24) is 4.90 Å². The highest BCUT2D eigenvalue weighted by Gasteiger charge is 2.28. The molecule has 1 atom stereocenters. The van der Waals surface area contributed by atoms with Crippen molar-refractivity contribution in [3.8, 4) is 0 Å². The van der Waals surface area contributed by atoms with E-state index in [1.54, 1.807) is 5.57 Å². The molecule has 0 aliphatic carbocycles. The molecule has 0 aromatic carbocycles. The van der Waals surface area contributed by atoms with Crippen LogP contribution in [0, 0.1) is 5.41 Å². The summed E-state index contributed by atoms with van der Waals surface area (Å²) in [4.78, 5) is 2.48. The lowest BCUT2D eigenvalue weighted by Gasteiger charge is -2.39. The van der Waals surface area contributed by atoms with Gasteiger partial charge in [-0.15, -0.1) is 0 Å². The predicted molar refractivity (Wildman–Crippen MR) is 63.5 cm³/mol. The van der Waals surface area contributed by atoms with E-state index in [-0.39, 0.29) is 0 Å². The Hall–Kier alpha value is -0.300. The van der Waals surface area contributed by atoms with E-state index in [4.69, 9.17) is 0 Å². The highest BCUT2D eigenvalue weighted by atomic mass is 15.1. The van der Waals surface area contributed by atoms with E-state index in [9.17, 15) is 0 Å². The summed E-state index contributed by atoms with van der Waals surface area (Å²) in [7, 11) is 2.25. The molecule has 1 saturated heterocycles.